The first-order valence-corrected chi connectivity index (χ1v) is 14.0. The smallest absolute Gasteiger partial charge is 0.311 e. The van der Waals surface area contributed by atoms with Gasteiger partial charge in [0.25, 0.3) is 5.91 Å². The van der Waals surface area contributed by atoms with E-state index in [1.807, 2.05) is 60.7 Å². The number of halogens is 1. The highest BCUT2D eigenvalue weighted by Gasteiger charge is 2.72. The molecule has 2 saturated heterocycles. The van der Waals surface area contributed by atoms with Gasteiger partial charge in [-0.25, -0.2) is 0 Å². The number of carbonyl (C=O) groups excluding carboxylic acids is 3. The van der Waals surface area contributed by atoms with Gasteiger partial charge in [0.2, 0.25) is 5.91 Å². The normalized spacial score (nSPS) is 31.2. The fourth-order valence-corrected chi connectivity index (χ4v) is 8.52. The lowest BCUT2D eigenvalue weighted by Crippen LogP contribution is -2.54. The van der Waals surface area contributed by atoms with E-state index in [1.54, 1.807) is 23.1 Å². The SMILES string of the molecule is O=C1OCCC=C[C@H]2S[C@]34C=CCN(c5ccccc5Cl)C(=O)C3N([C@H](CO)c3ccccc3)C(=O)[C@@H]4[C@@H]12. The second-order valence-electron chi connectivity index (χ2n) is 9.88. The number of anilines is 1. The minimum absolute atomic E-state index is 0.253. The molecule has 0 aromatic heterocycles. The van der Waals surface area contributed by atoms with Gasteiger partial charge in [-0.1, -0.05) is 78.4 Å². The topological polar surface area (TPSA) is 87.2 Å². The van der Waals surface area contributed by atoms with Gasteiger partial charge in [0, 0.05) is 11.8 Å². The van der Waals surface area contributed by atoms with Gasteiger partial charge in [-0.2, -0.15) is 0 Å². The Morgan fingerprint density at radius 3 is 2.58 bits per heavy atom. The molecule has 1 N–H and O–H groups in total. The third kappa shape index (κ3) is 3.81. The van der Waals surface area contributed by atoms with Crippen molar-refractivity contribution >= 4 is 46.8 Å². The van der Waals surface area contributed by atoms with Crippen LogP contribution in [-0.2, 0) is 19.1 Å². The monoisotopic (exact) mass is 550 g/mol. The lowest BCUT2D eigenvalue weighted by Gasteiger charge is -2.38. The van der Waals surface area contributed by atoms with Crippen LogP contribution >= 0.6 is 23.4 Å². The van der Waals surface area contributed by atoms with Crippen molar-refractivity contribution in [3.63, 3.8) is 0 Å². The molecule has 1 unspecified atom stereocenters. The lowest BCUT2D eigenvalue weighted by atomic mass is 9.78. The second-order valence-corrected chi connectivity index (χ2v) is 11.8. The summed E-state index contributed by atoms with van der Waals surface area (Å²) in [6, 6.07) is 14.6. The summed E-state index contributed by atoms with van der Waals surface area (Å²) in [4.78, 5) is 45.4. The van der Waals surface area contributed by atoms with E-state index < -0.39 is 34.6 Å². The molecule has 2 aromatic rings. The first kappa shape index (κ1) is 25.2. The van der Waals surface area contributed by atoms with Crippen molar-refractivity contribution in [2.24, 2.45) is 11.8 Å². The number of amides is 2. The number of carbonyl (C=O) groups is 3. The quantitative estimate of drug-likeness (QED) is 0.460. The molecule has 6 rings (SSSR count). The average Bonchev–Trinajstić information content (AvgIpc) is 3.30. The number of thioether (sulfide) groups is 1. The number of para-hydroxylation sites is 1. The van der Waals surface area contributed by atoms with Gasteiger partial charge < -0.3 is 19.6 Å². The molecular weight excluding hydrogens is 524 g/mol. The molecule has 196 valence electrons. The molecule has 0 saturated carbocycles. The zero-order valence-corrected chi connectivity index (χ0v) is 22.1. The summed E-state index contributed by atoms with van der Waals surface area (Å²) < 4.78 is 4.52. The number of hydrogen-bond acceptors (Lipinski definition) is 6. The molecule has 38 heavy (non-hydrogen) atoms. The number of likely N-dealkylation sites (tertiary alicyclic amines) is 1. The van der Waals surface area contributed by atoms with Crippen molar-refractivity contribution in [1.82, 2.24) is 4.90 Å². The number of aliphatic hydroxyl groups is 1. The van der Waals surface area contributed by atoms with E-state index in [-0.39, 0.29) is 36.8 Å². The average molecular weight is 551 g/mol. The summed E-state index contributed by atoms with van der Waals surface area (Å²) in [7, 11) is 0. The van der Waals surface area contributed by atoms with Crippen LogP contribution in [0, 0.1) is 11.8 Å². The maximum atomic E-state index is 14.6. The number of benzene rings is 2. The fourth-order valence-electron chi connectivity index (χ4n) is 6.30. The minimum Gasteiger partial charge on any atom is -0.465 e. The van der Waals surface area contributed by atoms with Gasteiger partial charge in [-0.15, -0.1) is 11.8 Å². The Labute approximate surface area is 230 Å². The highest BCUT2D eigenvalue weighted by molar-refractivity contribution is 8.02. The molecule has 4 aliphatic rings. The molecule has 2 amide bonds. The first-order valence-electron chi connectivity index (χ1n) is 12.7. The third-order valence-corrected chi connectivity index (χ3v) is 9.96. The van der Waals surface area contributed by atoms with E-state index >= 15 is 0 Å². The van der Waals surface area contributed by atoms with Gasteiger partial charge >= 0.3 is 5.97 Å². The second kappa shape index (κ2) is 9.91. The molecule has 9 heteroatoms. The van der Waals surface area contributed by atoms with Crippen LogP contribution < -0.4 is 4.90 Å². The molecule has 0 bridgehead atoms. The fraction of sp³-hybridized carbons (Fsp3) is 0.345. The van der Waals surface area contributed by atoms with Gasteiger partial charge in [-0.3, -0.25) is 14.4 Å². The van der Waals surface area contributed by atoms with E-state index in [1.165, 1.54) is 16.7 Å². The van der Waals surface area contributed by atoms with Gasteiger partial charge in [0.15, 0.2) is 0 Å². The molecule has 6 atom stereocenters. The van der Waals surface area contributed by atoms with E-state index in [9.17, 15) is 19.5 Å². The molecule has 4 heterocycles. The zero-order chi connectivity index (χ0) is 26.4. The van der Waals surface area contributed by atoms with Crippen molar-refractivity contribution in [2.45, 2.75) is 28.5 Å². The lowest BCUT2D eigenvalue weighted by molar-refractivity contribution is -0.153. The predicted octanol–water partition coefficient (Wildman–Crippen LogP) is 3.78. The summed E-state index contributed by atoms with van der Waals surface area (Å²) in [5, 5.41) is 10.7. The standard InChI is InChI=1S/C29H27ClN2O5S/c30-19-11-4-5-12-20(19)31-15-8-14-29-24(23-22(38-29)13-6-7-16-37-28(23)36)26(34)32(25(29)27(31)35)21(17-33)18-9-2-1-3-10-18/h1-6,8-14,21-25,33H,7,15-17H2/t21-,22-,23+,24+,25?,29+/m1/s1. The van der Waals surface area contributed by atoms with Crippen molar-refractivity contribution in [2.75, 3.05) is 24.7 Å². The summed E-state index contributed by atoms with van der Waals surface area (Å²) in [5.74, 6) is -2.61. The summed E-state index contributed by atoms with van der Waals surface area (Å²) >= 11 is 7.99. The number of nitrogens with zero attached hydrogens (tertiary/aromatic N) is 2. The van der Waals surface area contributed by atoms with Gasteiger partial charge in [-0.05, 0) is 24.1 Å². The van der Waals surface area contributed by atoms with Crippen LogP contribution in [0.5, 0.6) is 0 Å². The Morgan fingerprint density at radius 2 is 1.82 bits per heavy atom. The van der Waals surface area contributed by atoms with E-state index in [4.69, 9.17) is 16.3 Å². The van der Waals surface area contributed by atoms with Crippen molar-refractivity contribution in [1.29, 1.82) is 0 Å². The molecule has 0 aliphatic carbocycles. The summed E-state index contributed by atoms with van der Waals surface area (Å²) in [5.41, 5.74) is 1.26. The van der Waals surface area contributed by atoms with Crippen LogP contribution in [0.3, 0.4) is 0 Å². The highest BCUT2D eigenvalue weighted by atomic mass is 35.5. The molecule has 2 aromatic carbocycles. The maximum Gasteiger partial charge on any atom is 0.311 e. The molecule has 2 fully saturated rings. The van der Waals surface area contributed by atoms with Crippen molar-refractivity contribution < 1.29 is 24.2 Å². The number of cyclic esters (lactones) is 1. The number of ether oxygens (including phenoxy) is 1. The van der Waals surface area contributed by atoms with E-state index in [2.05, 4.69) is 0 Å². The highest BCUT2D eigenvalue weighted by Crippen LogP contribution is 2.62. The zero-order valence-electron chi connectivity index (χ0n) is 20.5. The third-order valence-electron chi connectivity index (χ3n) is 7.89. The van der Waals surface area contributed by atoms with E-state index in [0.717, 1.165) is 0 Å². The maximum absolute atomic E-state index is 14.6. The Balaban J connectivity index is 1.53. The minimum atomic E-state index is -1.02. The number of hydrogen-bond donors (Lipinski definition) is 1. The number of aliphatic hydroxyl groups excluding tert-OH is 1. The van der Waals surface area contributed by atoms with Gasteiger partial charge in [0.1, 0.15) is 6.04 Å². The predicted molar refractivity (Wildman–Crippen MR) is 146 cm³/mol. The van der Waals surface area contributed by atoms with Crippen LogP contribution in [0.25, 0.3) is 0 Å². The molecule has 7 nitrogen and oxygen atoms in total. The number of rotatable bonds is 4. The molecule has 0 radical (unpaired) electrons. The number of esters is 1. The first-order chi connectivity index (χ1) is 18.5. The molecule has 4 aliphatic heterocycles. The van der Waals surface area contributed by atoms with Crippen LogP contribution in [-0.4, -0.2) is 63.6 Å². The number of fused-ring (bicyclic) bond motifs is 2. The largest absolute Gasteiger partial charge is 0.465 e. The van der Waals surface area contributed by atoms with Crippen molar-refractivity contribution in [3.05, 3.63) is 89.5 Å². The van der Waals surface area contributed by atoms with Crippen molar-refractivity contribution in [3.8, 4) is 0 Å². The molecular formula is C29H27ClN2O5S. The summed E-state index contributed by atoms with van der Waals surface area (Å²) in [6.07, 6.45) is 8.39. The Kier molecular flexibility index (Phi) is 6.58. The Bertz CT molecular complexity index is 1330. The van der Waals surface area contributed by atoms with Crippen LogP contribution in [0.1, 0.15) is 18.0 Å². The van der Waals surface area contributed by atoms with Gasteiger partial charge in [0.05, 0.1) is 46.5 Å². The summed E-state index contributed by atoms with van der Waals surface area (Å²) in [6.45, 7) is 0.144. The van der Waals surface area contributed by atoms with Crippen LogP contribution in [0.2, 0.25) is 5.02 Å². The van der Waals surface area contributed by atoms with E-state index in [0.29, 0.717) is 22.7 Å². The van der Waals surface area contributed by atoms with Crippen LogP contribution in [0.4, 0.5) is 5.69 Å². The Morgan fingerprint density at radius 1 is 1.05 bits per heavy atom. The molecule has 1 spiro atoms. The Hall–Kier alpha value is -3.07. The van der Waals surface area contributed by atoms with Crippen LogP contribution in [0.15, 0.2) is 78.9 Å².